The van der Waals surface area contributed by atoms with Gasteiger partial charge in [0.15, 0.2) is 5.96 Å². The van der Waals surface area contributed by atoms with E-state index in [1.54, 1.807) is 0 Å². The van der Waals surface area contributed by atoms with E-state index < -0.39 is 0 Å². The lowest BCUT2D eigenvalue weighted by molar-refractivity contribution is 0.152. The van der Waals surface area contributed by atoms with Crippen molar-refractivity contribution in [1.29, 1.82) is 0 Å². The van der Waals surface area contributed by atoms with Crippen LogP contribution >= 0.6 is 0 Å². The summed E-state index contributed by atoms with van der Waals surface area (Å²) in [5, 5.41) is 10.1. The molecule has 0 amide bonds. The van der Waals surface area contributed by atoms with Crippen molar-refractivity contribution in [3.8, 4) is 0 Å². The first-order valence-corrected chi connectivity index (χ1v) is 8.58. The van der Waals surface area contributed by atoms with Crippen molar-refractivity contribution in [2.45, 2.75) is 33.7 Å². The molecule has 23 heavy (non-hydrogen) atoms. The molecule has 0 bridgehead atoms. The summed E-state index contributed by atoms with van der Waals surface area (Å²) in [6.07, 6.45) is 0. The Morgan fingerprint density at radius 2 is 1.87 bits per heavy atom. The third kappa shape index (κ3) is 8.45. The molecule has 0 heterocycles. The van der Waals surface area contributed by atoms with Crippen LogP contribution in [0.25, 0.3) is 0 Å². The highest BCUT2D eigenvalue weighted by atomic mass is 16.5. The molecule has 0 saturated heterocycles. The van der Waals surface area contributed by atoms with Crippen LogP contribution < -0.4 is 16.0 Å². The molecule has 5 heteroatoms. The van der Waals surface area contributed by atoms with E-state index in [1.807, 2.05) is 25.1 Å². The summed E-state index contributed by atoms with van der Waals surface area (Å²) in [4.78, 5) is 4.71. The van der Waals surface area contributed by atoms with Gasteiger partial charge in [0.1, 0.15) is 0 Å². The van der Waals surface area contributed by atoms with Gasteiger partial charge >= 0.3 is 0 Å². The number of aliphatic imine (C=N–C) groups is 1. The predicted octanol–water partition coefficient (Wildman–Crippen LogP) is 2.71. The highest BCUT2D eigenvalue weighted by molar-refractivity contribution is 5.79. The number of rotatable bonds is 10. The van der Waals surface area contributed by atoms with Crippen LogP contribution in [0.15, 0.2) is 35.3 Å². The molecule has 0 aliphatic rings. The second-order valence-electron chi connectivity index (χ2n) is 5.70. The molecule has 130 valence electrons. The van der Waals surface area contributed by atoms with Crippen molar-refractivity contribution in [3.63, 3.8) is 0 Å². The first-order chi connectivity index (χ1) is 11.2. The Balaban J connectivity index is 2.57. The first kappa shape index (κ1) is 19.3. The summed E-state index contributed by atoms with van der Waals surface area (Å²) in [6, 6.07) is 10.6. The Labute approximate surface area is 140 Å². The fourth-order valence-electron chi connectivity index (χ4n) is 2.09. The molecule has 0 fully saturated rings. The monoisotopic (exact) mass is 320 g/mol. The summed E-state index contributed by atoms with van der Waals surface area (Å²) in [5.74, 6) is 1.33. The Morgan fingerprint density at radius 1 is 1.13 bits per heavy atom. The van der Waals surface area contributed by atoms with E-state index in [0.717, 1.165) is 37.9 Å². The summed E-state index contributed by atoms with van der Waals surface area (Å²) < 4.78 is 5.35. The minimum absolute atomic E-state index is 0.291. The molecular weight excluding hydrogens is 288 g/mol. The molecule has 1 aromatic rings. The van der Waals surface area contributed by atoms with E-state index >= 15 is 0 Å². The molecule has 0 spiro atoms. The van der Waals surface area contributed by atoms with Gasteiger partial charge in [-0.3, -0.25) is 4.99 Å². The Hall–Kier alpha value is -1.75. The van der Waals surface area contributed by atoms with Crippen molar-refractivity contribution in [3.05, 3.63) is 30.3 Å². The van der Waals surface area contributed by atoms with Crippen molar-refractivity contribution >= 4 is 11.6 Å². The van der Waals surface area contributed by atoms with Crippen LogP contribution in [0.5, 0.6) is 0 Å². The number of benzene rings is 1. The molecule has 1 atom stereocenters. The fourth-order valence-corrected chi connectivity index (χ4v) is 2.09. The van der Waals surface area contributed by atoms with Gasteiger partial charge in [-0.1, -0.05) is 32.0 Å². The van der Waals surface area contributed by atoms with E-state index in [4.69, 9.17) is 9.73 Å². The number of anilines is 1. The molecule has 0 radical (unpaired) electrons. The average molecular weight is 320 g/mol. The predicted molar refractivity (Wildman–Crippen MR) is 99.2 cm³/mol. The van der Waals surface area contributed by atoms with Gasteiger partial charge < -0.3 is 20.7 Å². The second kappa shape index (κ2) is 11.8. The molecule has 0 aliphatic heterocycles. The zero-order valence-electron chi connectivity index (χ0n) is 14.9. The topological polar surface area (TPSA) is 57.7 Å². The van der Waals surface area contributed by atoms with Gasteiger partial charge in [0.05, 0.1) is 13.2 Å². The molecule has 3 N–H and O–H groups in total. The number of nitrogens with one attached hydrogen (secondary N) is 3. The van der Waals surface area contributed by atoms with Gasteiger partial charge in [-0.25, -0.2) is 0 Å². The van der Waals surface area contributed by atoms with Crippen LogP contribution in [-0.2, 0) is 4.74 Å². The van der Waals surface area contributed by atoms with E-state index in [9.17, 15) is 0 Å². The number of nitrogens with zero attached hydrogens (tertiary/aromatic N) is 1. The molecule has 0 aliphatic carbocycles. The van der Waals surface area contributed by atoms with Crippen molar-refractivity contribution in [1.82, 2.24) is 10.6 Å². The van der Waals surface area contributed by atoms with Crippen LogP contribution in [0.3, 0.4) is 0 Å². The lowest BCUT2D eigenvalue weighted by Gasteiger charge is -2.22. The van der Waals surface area contributed by atoms with Crippen molar-refractivity contribution in [2.24, 2.45) is 10.9 Å². The van der Waals surface area contributed by atoms with E-state index in [0.29, 0.717) is 18.6 Å². The second-order valence-corrected chi connectivity index (χ2v) is 5.70. The summed E-state index contributed by atoms with van der Waals surface area (Å²) in [5.41, 5.74) is 1.13. The Morgan fingerprint density at radius 3 is 2.48 bits per heavy atom. The third-order valence-corrected chi connectivity index (χ3v) is 3.46. The summed E-state index contributed by atoms with van der Waals surface area (Å²) in [7, 11) is 0. The van der Waals surface area contributed by atoms with Gasteiger partial charge in [-0.2, -0.15) is 0 Å². The molecule has 1 aromatic carbocycles. The van der Waals surface area contributed by atoms with E-state index in [2.05, 4.69) is 48.9 Å². The van der Waals surface area contributed by atoms with Gasteiger partial charge in [-0.15, -0.1) is 0 Å². The molecular formula is C18H32N4O. The number of ether oxygens (including phenoxy) is 1. The SMILES string of the molecule is CCNC(=NCC(Nc1ccccc1)C(C)C)NCCOCC. The largest absolute Gasteiger partial charge is 0.380 e. The van der Waals surface area contributed by atoms with Crippen molar-refractivity contribution < 1.29 is 4.74 Å². The molecule has 5 nitrogen and oxygen atoms in total. The molecule has 0 aromatic heterocycles. The smallest absolute Gasteiger partial charge is 0.191 e. The maximum Gasteiger partial charge on any atom is 0.191 e. The highest BCUT2D eigenvalue weighted by Crippen LogP contribution is 2.12. The normalized spacial score (nSPS) is 13.0. The summed E-state index contributed by atoms with van der Waals surface area (Å²) >= 11 is 0. The van der Waals surface area contributed by atoms with Gasteiger partial charge in [0.25, 0.3) is 0 Å². The maximum atomic E-state index is 5.35. The quantitative estimate of drug-likeness (QED) is 0.352. The van der Waals surface area contributed by atoms with Crippen LogP contribution in [0.2, 0.25) is 0 Å². The Kier molecular flexibility index (Phi) is 9.87. The van der Waals surface area contributed by atoms with Crippen LogP contribution in [0.4, 0.5) is 5.69 Å². The number of hydrogen-bond acceptors (Lipinski definition) is 3. The average Bonchev–Trinajstić information content (AvgIpc) is 2.55. The minimum Gasteiger partial charge on any atom is -0.380 e. The zero-order chi connectivity index (χ0) is 16.9. The molecule has 0 saturated carbocycles. The Bertz CT molecular complexity index is 434. The zero-order valence-corrected chi connectivity index (χ0v) is 14.9. The van der Waals surface area contributed by atoms with Gasteiger partial charge in [0, 0.05) is 31.4 Å². The molecule has 1 rings (SSSR count). The van der Waals surface area contributed by atoms with E-state index in [1.165, 1.54) is 0 Å². The van der Waals surface area contributed by atoms with Crippen LogP contribution in [-0.4, -0.2) is 44.8 Å². The van der Waals surface area contributed by atoms with Crippen LogP contribution in [0.1, 0.15) is 27.7 Å². The van der Waals surface area contributed by atoms with Crippen molar-refractivity contribution in [2.75, 3.05) is 38.2 Å². The highest BCUT2D eigenvalue weighted by Gasteiger charge is 2.13. The fraction of sp³-hybridized carbons (Fsp3) is 0.611. The molecule has 1 unspecified atom stereocenters. The minimum atomic E-state index is 0.291. The third-order valence-electron chi connectivity index (χ3n) is 3.46. The lowest BCUT2D eigenvalue weighted by atomic mass is 10.0. The summed E-state index contributed by atoms with van der Waals surface area (Å²) in [6.45, 7) is 12.3. The number of guanidine groups is 1. The first-order valence-electron chi connectivity index (χ1n) is 8.58. The van der Waals surface area contributed by atoms with Gasteiger partial charge in [0.2, 0.25) is 0 Å². The van der Waals surface area contributed by atoms with Gasteiger partial charge in [-0.05, 0) is 31.9 Å². The standard InChI is InChI=1S/C18H32N4O/c1-5-19-18(20-12-13-23-6-2)21-14-17(15(3)4)22-16-10-8-7-9-11-16/h7-11,15,17,22H,5-6,12-14H2,1-4H3,(H2,19,20,21). The number of hydrogen-bond donors (Lipinski definition) is 3. The van der Waals surface area contributed by atoms with E-state index in [-0.39, 0.29) is 0 Å². The maximum absolute atomic E-state index is 5.35. The van der Waals surface area contributed by atoms with Crippen LogP contribution in [0, 0.1) is 5.92 Å². The number of para-hydroxylation sites is 1. The lowest BCUT2D eigenvalue weighted by Crippen LogP contribution is -2.40.